The third kappa shape index (κ3) is 6.29. The summed E-state index contributed by atoms with van der Waals surface area (Å²) in [5.74, 6) is 1.16. The minimum absolute atomic E-state index is 0.0928. The number of ether oxygens (including phenoxy) is 2. The van der Waals surface area contributed by atoms with Crippen LogP contribution in [0.5, 0.6) is 11.5 Å². The van der Waals surface area contributed by atoms with E-state index in [2.05, 4.69) is 5.32 Å². The zero-order chi connectivity index (χ0) is 23.3. The summed E-state index contributed by atoms with van der Waals surface area (Å²) in [6, 6.07) is 12.5. The van der Waals surface area contributed by atoms with Gasteiger partial charge in [-0.2, -0.15) is 13.2 Å². The van der Waals surface area contributed by atoms with E-state index in [1.54, 1.807) is 7.11 Å². The molecule has 1 saturated heterocycles. The SMILES string of the molecule is COc1ccc(CN[C@H]2C[C@@H](C)N(C(=O)O)[C@H]2COc2ccc(CC(F)(F)F)cc2)cc1. The molecule has 9 heteroatoms. The molecule has 1 heterocycles. The number of alkyl halides is 3. The van der Waals surface area contributed by atoms with Gasteiger partial charge in [0.25, 0.3) is 0 Å². The van der Waals surface area contributed by atoms with Gasteiger partial charge in [-0.15, -0.1) is 0 Å². The number of methoxy groups -OCH3 is 1. The smallest absolute Gasteiger partial charge is 0.407 e. The van der Waals surface area contributed by atoms with E-state index in [9.17, 15) is 23.1 Å². The van der Waals surface area contributed by atoms with E-state index in [0.29, 0.717) is 18.7 Å². The molecule has 1 aliphatic heterocycles. The van der Waals surface area contributed by atoms with Crippen LogP contribution in [0.3, 0.4) is 0 Å². The monoisotopic (exact) mass is 452 g/mol. The molecule has 2 aromatic carbocycles. The highest BCUT2D eigenvalue weighted by atomic mass is 19.4. The Labute approximate surface area is 184 Å². The van der Waals surface area contributed by atoms with Crippen molar-refractivity contribution < 1.29 is 32.5 Å². The Morgan fingerprint density at radius 3 is 2.25 bits per heavy atom. The Morgan fingerprint density at radius 1 is 1.09 bits per heavy atom. The second-order valence-electron chi connectivity index (χ2n) is 7.92. The van der Waals surface area contributed by atoms with E-state index in [1.807, 2.05) is 31.2 Å². The zero-order valence-corrected chi connectivity index (χ0v) is 17.9. The maximum atomic E-state index is 12.5. The van der Waals surface area contributed by atoms with Crippen LogP contribution in [-0.4, -0.2) is 54.1 Å². The van der Waals surface area contributed by atoms with Crippen molar-refractivity contribution in [3.05, 3.63) is 59.7 Å². The minimum Gasteiger partial charge on any atom is -0.497 e. The highest BCUT2D eigenvalue weighted by molar-refractivity contribution is 5.66. The first-order valence-corrected chi connectivity index (χ1v) is 10.3. The molecule has 0 unspecified atom stereocenters. The predicted molar refractivity (Wildman–Crippen MR) is 113 cm³/mol. The van der Waals surface area contributed by atoms with Crippen LogP contribution in [0, 0.1) is 0 Å². The summed E-state index contributed by atoms with van der Waals surface area (Å²) < 4.78 is 48.5. The number of amides is 1. The fourth-order valence-electron chi connectivity index (χ4n) is 4.01. The topological polar surface area (TPSA) is 71.0 Å². The summed E-state index contributed by atoms with van der Waals surface area (Å²) in [6.45, 7) is 2.50. The number of rotatable bonds is 8. The maximum Gasteiger partial charge on any atom is 0.407 e. The molecule has 6 nitrogen and oxygen atoms in total. The highest BCUT2D eigenvalue weighted by Crippen LogP contribution is 2.27. The summed E-state index contributed by atoms with van der Waals surface area (Å²) in [5, 5.41) is 13.1. The van der Waals surface area contributed by atoms with E-state index in [-0.39, 0.29) is 24.3 Å². The standard InChI is InChI=1S/C23H27F3N2O4/c1-15-11-20(27-13-17-5-7-18(31-2)8-6-17)21(28(15)22(29)30)14-32-19-9-3-16(4-10-19)12-23(24,25)26/h3-10,15,20-21,27H,11-14H2,1-2H3,(H,29,30)/t15-,20+,21+/m1/s1. The molecule has 1 amide bonds. The fraction of sp³-hybridized carbons (Fsp3) is 0.435. The molecular formula is C23H27F3N2O4. The van der Waals surface area contributed by atoms with Crippen molar-refractivity contribution in [2.24, 2.45) is 0 Å². The number of benzene rings is 2. The molecule has 174 valence electrons. The molecule has 1 aliphatic rings. The molecule has 0 saturated carbocycles. The second-order valence-corrected chi connectivity index (χ2v) is 7.92. The van der Waals surface area contributed by atoms with Gasteiger partial charge in [0.2, 0.25) is 0 Å². The number of likely N-dealkylation sites (tertiary alicyclic amines) is 1. The molecule has 0 aliphatic carbocycles. The van der Waals surface area contributed by atoms with Gasteiger partial charge in [0.1, 0.15) is 18.1 Å². The Bertz CT molecular complexity index is 888. The molecule has 2 N–H and O–H groups in total. The zero-order valence-electron chi connectivity index (χ0n) is 17.9. The molecule has 0 bridgehead atoms. The van der Waals surface area contributed by atoms with Crippen molar-refractivity contribution in [2.75, 3.05) is 13.7 Å². The first-order chi connectivity index (χ1) is 15.2. The van der Waals surface area contributed by atoms with Crippen molar-refractivity contribution in [3.63, 3.8) is 0 Å². The number of hydrogen-bond acceptors (Lipinski definition) is 4. The lowest BCUT2D eigenvalue weighted by Crippen LogP contribution is -2.48. The Kier molecular flexibility index (Phi) is 7.50. The normalized spacial score (nSPS) is 20.9. The third-order valence-electron chi connectivity index (χ3n) is 5.59. The lowest BCUT2D eigenvalue weighted by atomic mass is 10.1. The van der Waals surface area contributed by atoms with E-state index >= 15 is 0 Å². The number of hydrogen-bond donors (Lipinski definition) is 2. The summed E-state index contributed by atoms with van der Waals surface area (Å²) in [4.78, 5) is 13.2. The van der Waals surface area contributed by atoms with E-state index in [4.69, 9.17) is 9.47 Å². The minimum atomic E-state index is -4.27. The molecule has 0 spiro atoms. The number of carboxylic acid groups (broad SMARTS) is 1. The van der Waals surface area contributed by atoms with Crippen LogP contribution >= 0.6 is 0 Å². The van der Waals surface area contributed by atoms with Gasteiger partial charge in [-0.3, -0.25) is 4.90 Å². The van der Waals surface area contributed by atoms with E-state index < -0.39 is 24.7 Å². The van der Waals surface area contributed by atoms with Gasteiger partial charge < -0.3 is 19.9 Å². The van der Waals surface area contributed by atoms with Crippen LogP contribution in [0.1, 0.15) is 24.5 Å². The summed E-state index contributed by atoms with van der Waals surface area (Å²) in [7, 11) is 1.60. The average Bonchev–Trinajstić information content (AvgIpc) is 3.06. The van der Waals surface area contributed by atoms with Crippen LogP contribution in [-0.2, 0) is 13.0 Å². The van der Waals surface area contributed by atoms with Crippen molar-refractivity contribution in [1.82, 2.24) is 10.2 Å². The van der Waals surface area contributed by atoms with Crippen molar-refractivity contribution >= 4 is 6.09 Å². The van der Waals surface area contributed by atoms with Crippen LogP contribution in [0.25, 0.3) is 0 Å². The van der Waals surface area contributed by atoms with Gasteiger partial charge in [0, 0.05) is 18.6 Å². The van der Waals surface area contributed by atoms with Gasteiger partial charge in [0.15, 0.2) is 0 Å². The molecule has 0 aromatic heterocycles. The highest BCUT2D eigenvalue weighted by Gasteiger charge is 2.42. The van der Waals surface area contributed by atoms with Crippen LogP contribution < -0.4 is 14.8 Å². The summed E-state index contributed by atoms with van der Waals surface area (Å²) >= 11 is 0. The third-order valence-corrected chi connectivity index (χ3v) is 5.59. The number of nitrogens with one attached hydrogen (secondary N) is 1. The summed E-state index contributed by atoms with van der Waals surface area (Å²) in [5.41, 5.74) is 1.18. The molecule has 1 fully saturated rings. The van der Waals surface area contributed by atoms with Crippen LogP contribution in [0.2, 0.25) is 0 Å². The second kappa shape index (κ2) is 10.1. The van der Waals surface area contributed by atoms with Gasteiger partial charge in [-0.05, 0) is 48.7 Å². The quantitative estimate of drug-likeness (QED) is 0.618. The lowest BCUT2D eigenvalue weighted by Gasteiger charge is -2.28. The van der Waals surface area contributed by atoms with Gasteiger partial charge in [-0.1, -0.05) is 24.3 Å². The maximum absolute atomic E-state index is 12.5. The molecule has 3 atom stereocenters. The average molecular weight is 452 g/mol. The number of carbonyl (C=O) groups is 1. The number of nitrogens with zero attached hydrogens (tertiary/aromatic N) is 1. The van der Waals surface area contributed by atoms with E-state index in [0.717, 1.165) is 11.3 Å². The predicted octanol–water partition coefficient (Wildman–Crippen LogP) is 4.48. The fourth-order valence-corrected chi connectivity index (χ4v) is 4.01. The van der Waals surface area contributed by atoms with Crippen LogP contribution in [0.4, 0.5) is 18.0 Å². The molecular weight excluding hydrogens is 425 g/mol. The lowest BCUT2D eigenvalue weighted by molar-refractivity contribution is -0.127. The Balaban J connectivity index is 1.63. The molecule has 0 radical (unpaired) electrons. The van der Waals surface area contributed by atoms with Gasteiger partial charge in [-0.25, -0.2) is 4.79 Å². The molecule has 2 aromatic rings. The van der Waals surface area contributed by atoms with Crippen molar-refractivity contribution in [2.45, 2.75) is 50.6 Å². The molecule has 32 heavy (non-hydrogen) atoms. The Hall–Kier alpha value is -2.94. The van der Waals surface area contributed by atoms with Gasteiger partial charge >= 0.3 is 12.3 Å². The van der Waals surface area contributed by atoms with Crippen molar-refractivity contribution in [3.8, 4) is 11.5 Å². The summed E-state index contributed by atoms with van der Waals surface area (Å²) in [6.07, 6.45) is -5.67. The first-order valence-electron chi connectivity index (χ1n) is 10.3. The van der Waals surface area contributed by atoms with Crippen molar-refractivity contribution in [1.29, 1.82) is 0 Å². The first kappa shape index (κ1) is 23.7. The number of halogens is 3. The van der Waals surface area contributed by atoms with Crippen LogP contribution in [0.15, 0.2) is 48.5 Å². The largest absolute Gasteiger partial charge is 0.497 e. The molecule has 3 rings (SSSR count). The van der Waals surface area contributed by atoms with Gasteiger partial charge in [0.05, 0.1) is 19.6 Å². The van der Waals surface area contributed by atoms with E-state index in [1.165, 1.54) is 29.2 Å². The Morgan fingerprint density at radius 2 is 1.69 bits per heavy atom.